The van der Waals surface area contributed by atoms with Gasteiger partial charge in [-0.15, -0.1) is 11.3 Å². The number of amides is 1. The molecule has 2 aliphatic heterocycles. The van der Waals surface area contributed by atoms with Crippen LogP contribution in [0.15, 0.2) is 72.1 Å². The monoisotopic (exact) mass is 721 g/mol. The van der Waals surface area contributed by atoms with E-state index in [1.165, 1.54) is 6.07 Å². The molecule has 50 heavy (non-hydrogen) atoms. The summed E-state index contributed by atoms with van der Waals surface area (Å²) in [7, 11) is -3.08. The van der Waals surface area contributed by atoms with Crippen LogP contribution in [0.5, 0.6) is 0 Å². The number of morpholine rings is 2. The van der Waals surface area contributed by atoms with Crippen molar-refractivity contribution < 1.29 is 32.6 Å². The molecule has 0 saturated carbocycles. The Labute approximate surface area is 297 Å². The molecule has 1 N–H and O–H groups in total. The van der Waals surface area contributed by atoms with Crippen LogP contribution in [0.25, 0.3) is 0 Å². The number of carbonyl (C=O) groups is 1. The zero-order chi connectivity index (χ0) is 35.6. The predicted molar refractivity (Wildman–Crippen MR) is 194 cm³/mol. The van der Waals surface area contributed by atoms with Gasteiger partial charge in [-0.3, -0.25) is 4.79 Å². The van der Waals surface area contributed by atoms with Crippen molar-refractivity contribution in [3.05, 3.63) is 106 Å². The van der Waals surface area contributed by atoms with Crippen molar-refractivity contribution in [2.24, 2.45) is 0 Å². The Bertz CT molecular complexity index is 1730. The summed E-state index contributed by atoms with van der Waals surface area (Å²) in [6, 6.07) is 21.7. The van der Waals surface area contributed by atoms with Crippen molar-refractivity contribution in [1.29, 1.82) is 0 Å². The van der Waals surface area contributed by atoms with Crippen LogP contribution < -0.4 is 15.3 Å². The lowest BCUT2D eigenvalue weighted by Gasteiger charge is -2.43. The highest BCUT2D eigenvalue weighted by molar-refractivity contribution is 7.10. The standard InChI is InChI=1S/C38H45F2N3O5SSi/c1-25-21-43(22-26(2)48-25)34-27(23-47-50(38(3,4)5,28-12-8-6-9-13-28)29-14-10-7-11-15-29)20-30(32(39)33(34)40)35(44)36-41-31(24-49-36)37(45)42-16-18-46-19-17-42/h6-15,20,24-26,35,44H,16-19,21-23H2,1-5H3. The van der Waals surface area contributed by atoms with Crippen LogP contribution in [0.3, 0.4) is 0 Å². The van der Waals surface area contributed by atoms with Crippen LogP contribution in [0.2, 0.25) is 5.04 Å². The number of halogens is 2. The minimum Gasteiger partial charge on any atom is -0.403 e. The van der Waals surface area contributed by atoms with Gasteiger partial charge in [0.15, 0.2) is 11.6 Å². The second-order valence-corrected chi connectivity index (χ2v) is 19.3. The molecule has 2 fully saturated rings. The smallest absolute Gasteiger partial charge is 0.273 e. The Morgan fingerprint density at radius 3 is 2.14 bits per heavy atom. The molecule has 266 valence electrons. The van der Waals surface area contributed by atoms with E-state index in [0.29, 0.717) is 45.0 Å². The number of thiazole rings is 1. The molecular weight excluding hydrogens is 677 g/mol. The van der Waals surface area contributed by atoms with E-state index in [9.17, 15) is 9.90 Å². The number of nitrogens with zero attached hydrogens (tertiary/aromatic N) is 3. The summed E-state index contributed by atoms with van der Waals surface area (Å²) < 4.78 is 51.4. The van der Waals surface area contributed by atoms with Crippen molar-refractivity contribution in [1.82, 2.24) is 9.88 Å². The largest absolute Gasteiger partial charge is 0.403 e. The molecule has 3 heterocycles. The molecule has 2 aliphatic rings. The van der Waals surface area contributed by atoms with Gasteiger partial charge in [0, 0.05) is 42.7 Å². The van der Waals surface area contributed by atoms with Crippen LogP contribution in [0.4, 0.5) is 14.5 Å². The topological polar surface area (TPSA) is 84.4 Å². The highest BCUT2D eigenvalue weighted by Gasteiger charge is 2.50. The number of aromatic nitrogens is 1. The summed E-state index contributed by atoms with van der Waals surface area (Å²) in [5.41, 5.74) is 0.394. The second-order valence-electron chi connectivity index (χ2n) is 14.1. The van der Waals surface area contributed by atoms with Gasteiger partial charge in [-0.1, -0.05) is 81.4 Å². The number of hydrogen-bond donors (Lipinski definition) is 1. The summed E-state index contributed by atoms with van der Waals surface area (Å²) >= 11 is 1.03. The molecule has 3 aromatic carbocycles. The van der Waals surface area contributed by atoms with Gasteiger partial charge in [-0.25, -0.2) is 13.8 Å². The second kappa shape index (κ2) is 15.0. The Kier molecular flexibility index (Phi) is 10.9. The van der Waals surface area contributed by atoms with E-state index in [0.717, 1.165) is 21.7 Å². The van der Waals surface area contributed by atoms with Gasteiger partial charge < -0.3 is 28.8 Å². The molecule has 0 aliphatic carbocycles. The molecule has 1 aromatic heterocycles. The van der Waals surface area contributed by atoms with E-state index in [2.05, 4.69) is 50.0 Å². The highest BCUT2D eigenvalue weighted by Crippen LogP contribution is 2.40. The van der Waals surface area contributed by atoms with Gasteiger partial charge >= 0.3 is 0 Å². The average molecular weight is 722 g/mol. The molecule has 0 spiro atoms. The van der Waals surface area contributed by atoms with Gasteiger partial charge in [0.2, 0.25) is 0 Å². The van der Waals surface area contributed by atoms with Crippen LogP contribution in [0, 0.1) is 11.6 Å². The maximum atomic E-state index is 16.6. The molecule has 3 unspecified atom stereocenters. The van der Waals surface area contributed by atoms with Crippen molar-refractivity contribution >= 4 is 41.6 Å². The van der Waals surface area contributed by atoms with Gasteiger partial charge in [0.1, 0.15) is 16.8 Å². The van der Waals surface area contributed by atoms with Gasteiger partial charge in [-0.05, 0) is 35.3 Å². The number of aliphatic hydroxyl groups excluding tert-OH is 1. The SMILES string of the molecule is CC1CN(c2c(CO[Si](c3ccccc3)(c3ccccc3)C(C)(C)C)cc(C(O)c3nc(C(=O)N4CCOCC4)cs3)c(F)c2F)CC(C)O1. The summed E-state index contributed by atoms with van der Waals surface area (Å²) in [5.74, 6) is -2.52. The maximum Gasteiger partial charge on any atom is 0.273 e. The first-order chi connectivity index (χ1) is 23.9. The third-order valence-corrected chi connectivity index (χ3v) is 15.3. The Balaban J connectivity index is 1.44. The highest BCUT2D eigenvalue weighted by atomic mass is 32.1. The normalized spacial score (nSPS) is 19.4. The number of anilines is 1. The predicted octanol–water partition coefficient (Wildman–Crippen LogP) is 5.67. The van der Waals surface area contributed by atoms with Crippen LogP contribution in [-0.2, 0) is 20.5 Å². The molecule has 0 radical (unpaired) electrons. The lowest BCUT2D eigenvalue weighted by Crippen LogP contribution is -2.66. The Hall–Kier alpha value is -3.52. The number of ether oxygens (including phenoxy) is 2. The molecule has 8 nitrogen and oxygen atoms in total. The van der Waals surface area contributed by atoms with Crippen molar-refractivity contribution in [2.45, 2.75) is 64.6 Å². The summed E-state index contributed by atoms with van der Waals surface area (Å²) in [5, 5.41) is 14.9. The van der Waals surface area contributed by atoms with Crippen molar-refractivity contribution in [3.8, 4) is 0 Å². The van der Waals surface area contributed by atoms with E-state index in [1.807, 2.05) is 55.1 Å². The minimum absolute atomic E-state index is 0.0434. The summed E-state index contributed by atoms with van der Waals surface area (Å²) in [6.45, 7) is 12.7. The van der Waals surface area contributed by atoms with Crippen LogP contribution >= 0.6 is 11.3 Å². The van der Waals surface area contributed by atoms with Crippen molar-refractivity contribution in [3.63, 3.8) is 0 Å². The first-order valence-corrected chi connectivity index (χ1v) is 19.9. The zero-order valence-corrected chi connectivity index (χ0v) is 31.0. The molecule has 2 saturated heterocycles. The summed E-state index contributed by atoms with van der Waals surface area (Å²) in [4.78, 5) is 20.9. The first-order valence-electron chi connectivity index (χ1n) is 17.1. The molecule has 1 amide bonds. The Morgan fingerprint density at radius 2 is 1.58 bits per heavy atom. The zero-order valence-electron chi connectivity index (χ0n) is 29.2. The van der Waals surface area contributed by atoms with Gasteiger partial charge in [-0.2, -0.15) is 0 Å². The fourth-order valence-corrected chi connectivity index (χ4v) is 12.5. The Morgan fingerprint density at radius 1 is 1.00 bits per heavy atom. The number of benzene rings is 3. The van der Waals surface area contributed by atoms with Crippen LogP contribution in [0.1, 0.15) is 67.3 Å². The van der Waals surface area contributed by atoms with E-state index in [4.69, 9.17) is 13.9 Å². The number of rotatable bonds is 9. The lowest BCUT2D eigenvalue weighted by molar-refractivity contribution is -0.00554. The molecule has 4 aromatic rings. The third kappa shape index (κ3) is 7.14. The molecular formula is C38H45F2N3O5SSi. The van der Waals surface area contributed by atoms with Crippen molar-refractivity contribution in [2.75, 3.05) is 44.3 Å². The maximum absolute atomic E-state index is 16.6. The lowest BCUT2D eigenvalue weighted by atomic mass is 10.0. The van der Waals surface area contributed by atoms with Crippen LogP contribution in [-0.4, -0.2) is 80.8 Å². The quantitative estimate of drug-likeness (QED) is 0.223. The number of aliphatic hydroxyl groups is 1. The molecule has 0 bridgehead atoms. The third-order valence-electron chi connectivity index (χ3n) is 9.45. The van der Waals surface area contributed by atoms with E-state index < -0.39 is 26.1 Å². The van der Waals surface area contributed by atoms with E-state index in [-0.39, 0.29) is 51.7 Å². The van der Waals surface area contributed by atoms with Gasteiger partial charge in [0.25, 0.3) is 14.2 Å². The minimum atomic E-state index is -3.08. The first kappa shape index (κ1) is 36.3. The number of carbonyl (C=O) groups excluding carboxylic acids is 1. The fourth-order valence-electron chi connectivity index (χ4n) is 7.22. The summed E-state index contributed by atoms with van der Waals surface area (Å²) in [6.07, 6.45) is -2.03. The molecule has 6 rings (SSSR count). The fraction of sp³-hybridized carbons (Fsp3) is 0.421. The molecule has 3 atom stereocenters. The average Bonchev–Trinajstić information content (AvgIpc) is 3.60. The molecule has 12 heteroatoms. The van der Waals surface area contributed by atoms with E-state index in [1.54, 1.807) is 10.3 Å². The van der Waals surface area contributed by atoms with E-state index >= 15 is 8.78 Å². The number of hydrogen-bond acceptors (Lipinski definition) is 8. The van der Waals surface area contributed by atoms with Gasteiger partial charge in [0.05, 0.1) is 37.7 Å².